The van der Waals surface area contributed by atoms with E-state index in [0.717, 1.165) is 56.9 Å². The molecule has 3 nitrogen and oxygen atoms in total. The van der Waals surface area contributed by atoms with Crippen LogP contribution in [0.1, 0.15) is 44.1 Å². The van der Waals surface area contributed by atoms with Crippen molar-refractivity contribution in [1.29, 1.82) is 0 Å². The number of nitrogens with zero attached hydrogens (tertiary/aromatic N) is 2. The van der Waals surface area contributed by atoms with Gasteiger partial charge in [0.05, 0.1) is 0 Å². The van der Waals surface area contributed by atoms with Crippen molar-refractivity contribution in [2.24, 2.45) is 17.8 Å². The van der Waals surface area contributed by atoms with Crippen LogP contribution in [0.4, 0.5) is 17.1 Å². The van der Waals surface area contributed by atoms with Crippen molar-refractivity contribution in [3.05, 3.63) is 133 Å². The Morgan fingerprint density at radius 2 is 1.11 bits per heavy atom. The van der Waals surface area contributed by atoms with Crippen molar-refractivity contribution >= 4 is 28.2 Å². The van der Waals surface area contributed by atoms with Crippen molar-refractivity contribution in [1.82, 2.24) is 4.98 Å². The number of oxazole rings is 1. The fraction of sp³-hybridized carbons (Fsp3) is 0.244. The summed E-state index contributed by atoms with van der Waals surface area (Å²) in [7, 11) is 0. The van der Waals surface area contributed by atoms with Crippen molar-refractivity contribution in [2.75, 3.05) is 4.90 Å². The first kappa shape index (κ1) is 25.8. The first-order chi connectivity index (χ1) is 21.7. The minimum atomic E-state index is 0.411. The number of aromatic nitrogens is 1. The third-order valence-corrected chi connectivity index (χ3v) is 10.7. The molecule has 4 saturated carbocycles. The normalized spacial score (nSPS) is 23.7. The molecule has 0 saturated heterocycles. The van der Waals surface area contributed by atoms with Crippen LogP contribution in [-0.2, 0) is 5.41 Å². The molecule has 6 aromatic rings. The summed E-state index contributed by atoms with van der Waals surface area (Å²) in [6, 6.07) is 45.5. The highest BCUT2D eigenvalue weighted by Gasteiger charge is 2.51. The van der Waals surface area contributed by atoms with Gasteiger partial charge in [-0.2, -0.15) is 0 Å². The average Bonchev–Trinajstić information content (AvgIpc) is 3.51. The van der Waals surface area contributed by atoms with Crippen molar-refractivity contribution in [3.8, 4) is 22.6 Å². The van der Waals surface area contributed by atoms with E-state index >= 15 is 0 Å². The minimum absolute atomic E-state index is 0.411. The second kappa shape index (κ2) is 10.2. The molecular weight excluding hydrogens is 536 g/mol. The van der Waals surface area contributed by atoms with Crippen LogP contribution in [0, 0.1) is 17.8 Å². The molecule has 4 aliphatic rings. The van der Waals surface area contributed by atoms with Gasteiger partial charge in [0, 0.05) is 28.2 Å². The minimum Gasteiger partial charge on any atom is -0.435 e. The number of benzene rings is 5. The van der Waals surface area contributed by atoms with E-state index in [1.165, 1.54) is 44.2 Å². The van der Waals surface area contributed by atoms with Gasteiger partial charge in [0.1, 0.15) is 5.52 Å². The summed E-state index contributed by atoms with van der Waals surface area (Å²) in [4.78, 5) is 7.16. The van der Waals surface area contributed by atoms with Gasteiger partial charge in [-0.25, -0.2) is 4.98 Å². The van der Waals surface area contributed by atoms with Gasteiger partial charge in [0.15, 0.2) is 5.58 Å². The molecule has 0 N–H and O–H groups in total. The lowest BCUT2D eigenvalue weighted by atomic mass is 9.48. The van der Waals surface area contributed by atoms with E-state index < -0.39 is 0 Å². The fourth-order valence-electron chi connectivity index (χ4n) is 9.12. The number of hydrogen-bond acceptors (Lipinski definition) is 3. The molecule has 44 heavy (non-hydrogen) atoms. The highest BCUT2D eigenvalue weighted by Crippen LogP contribution is 2.60. The van der Waals surface area contributed by atoms with Crippen LogP contribution in [0.5, 0.6) is 0 Å². The summed E-state index contributed by atoms with van der Waals surface area (Å²) in [6.07, 6.45) is 8.63. The molecule has 0 radical (unpaired) electrons. The van der Waals surface area contributed by atoms with Crippen molar-refractivity contribution in [3.63, 3.8) is 0 Å². The molecule has 0 spiro atoms. The van der Waals surface area contributed by atoms with Crippen LogP contribution >= 0.6 is 0 Å². The number of para-hydroxylation sites is 2. The lowest BCUT2D eigenvalue weighted by molar-refractivity contribution is -0.00518. The Balaban J connectivity index is 1.06. The lowest BCUT2D eigenvalue weighted by Crippen LogP contribution is -2.48. The maximum Gasteiger partial charge on any atom is 0.227 e. The molecule has 0 amide bonds. The van der Waals surface area contributed by atoms with E-state index in [4.69, 9.17) is 9.40 Å². The van der Waals surface area contributed by atoms with Crippen LogP contribution in [-0.4, -0.2) is 4.98 Å². The standard InChI is InChI=1S/C41H36N2O/c1-3-8-32(9-4-1)40-42-38-13-7-12-37(39(38)44-40)31-14-18-35(19-15-31)43(34-10-5-2-6-11-34)36-20-16-33(17-21-36)41-25-28-22-29(26-41)24-30(23-28)27-41/h1-21,28-30H,22-27H2. The molecule has 0 unspecified atom stereocenters. The molecule has 3 heteroatoms. The molecule has 0 aliphatic heterocycles. The molecule has 5 aromatic carbocycles. The number of fused-ring (bicyclic) bond motifs is 1. The van der Waals surface area contributed by atoms with Gasteiger partial charge in [0.25, 0.3) is 0 Å². The molecule has 1 heterocycles. The second-order valence-electron chi connectivity index (χ2n) is 13.5. The van der Waals surface area contributed by atoms with E-state index in [1.54, 1.807) is 5.56 Å². The number of anilines is 3. The quantitative estimate of drug-likeness (QED) is 0.199. The highest BCUT2D eigenvalue weighted by molar-refractivity contribution is 5.92. The Bertz CT molecular complexity index is 1890. The van der Waals surface area contributed by atoms with E-state index in [-0.39, 0.29) is 0 Å². The molecule has 4 bridgehead atoms. The molecular formula is C41H36N2O. The van der Waals surface area contributed by atoms with Gasteiger partial charge < -0.3 is 9.32 Å². The molecule has 0 atom stereocenters. The van der Waals surface area contributed by atoms with E-state index in [2.05, 4.69) is 95.9 Å². The van der Waals surface area contributed by atoms with Crippen molar-refractivity contribution < 1.29 is 4.42 Å². The Labute approximate surface area is 259 Å². The third kappa shape index (κ3) is 4.37. The Hall–Kier alpha value is -4.63. The molecule has 216 valence electrons. The monoisotopic (exact) mass is 572 g/mol. The first-order valence-corrected chi connectivity index (χ1v) is 16.2. The van der Waals surface area contributed by atoms with Gasteiger partial charge in [-0.3, -0.25) is 0 Å². The summed E-state index contributed by atoms with van der Waals surface area (Å²) in [6.45, 7) is 0. The summed E-state index contributed by atoms with van der Waals surface area (Å²) in [5.74, 6) is 3.51. The lowest BCUT2D eigenvalue weighted by Gasteiger charge is -2.57. The van der Waals surface area contributed by atoms with Gasteiger partial charge in [-0.1, -0.05) is 72.8 Å². The Morgan fingerprint density at radius 3 is 1.75 bits per heavy atom. The maximum absolute atomic E-state index is 6.33. The summed E-state index contributed by atoms with van der Waals surface area (Å²) in [5, 5.41) is 0. The summed E-state index contributed by atoms with van der Waals surface area (Å²) >= 11 is 0. The molecule has 1 aromatic heterocycles. The second-order valence-corrected chi connectivity index (χ2v) is 13.5. The summed E-state index contributed by atoms with van der Waals surface area (Å²) in [5.41, 5.74) is 10.3. The topological polar surface area (TPSA) is 29.3 Å². The van der Waals surface area contributed by atoms with Gasteiger partial charge in [0.2, 0.25) is 5.89 Å². The zero-order valence-corrected chi connectivity index (χ0v) is 24.9. The summed E-state index contributed by atoms with van der Waals surface area (Å²) < 4.78 is 6.33. The van der Waals surface area contributed by atoms with Crippen LogP contribution in [0.15, 0.2) is 132 Å². The SMILES string of the molecule is c1ccc(-c2nc3cccc(-c4ccc(N(c5ccccc5)c5ccc(C67CC8CC(CC(C8)C6)C7)cc5)cc4)c3o2)cc1. The van der Waals surface area contributed by atoms with Crippen LogP contribution in [0.2, 0.25) is 0 Å². The average molecular weight is 573 g/mol. The highest BCUT2D eigenvalue weighted by atomic mass is 16.3. The molecule has 4 aliphatic carbocycles. The van der Waals surface area contributed by atoms with E-state index in [9.17, 15) is 0 Å². The van der Waals surface area contributed by atoms with E-state index in [0.29, 0.717) is 11.3 Å². The Morgan fingerprint density at radius 1 is 0.545 bits per heavy atom. The van der Waals surface area contributed by atoms with E-state index in [1.807, 2.05) is 36.4 Å². The molecule has 10 rings (SSSR count). The predicted octanol–water partition coefficient (Wildman–Crippen LogP) is 11.1. The first-order valence-electron chi connectivity index (χ1n) is 16.2. The van der Waals surface area contributed by atoms with Crippen LogP contribution in [0.25, 0.3) is 33.7 Å². The van der Waals surface area contributed by atoms with Crippen LogP contribution in [0.3, 0.4) is 0 Å². The van der Waals surface area contributed by atoms with Crippen LogP contribution < -0.4 is 4.90 Å². The maximum atomic E-state index is 6.33. The number of hydrogen-bond donors (Lipinski definition) is 0. The Kier molecular flexibility index (Phi) is 6.01. The third-order valence-electron chi connectivity index (χ3n) is 10.7. The van der Waals surface area contributed by atoms with Gasteiger partial charge >= 0.3 is 0 Å². The zero-order valence-electron chi connectivity index (χ0n) is 24.9. The fourth-order valence-corrected chi connectivity index (χ4v) is 9.12. The largest absolute Gasteiger partial charge is 0.435 e. The van der Waals surface area contributed by atoms with Gasteiger partial charge in [-0.15, -0.1) is 0 Å². The zero-order chi connectivity index (χ0) is 29.1. The predicted molar refractivity (Wildman–Crippen MR) is 179 cm³/mol. The number of rotatable bonds is 6. The van der Waals surface area contributed by atoms with Crippen molar-refractivity contribution in [2.45, 2.75) is 43.9 Å². The smallest absolute Gasteiger partial charge is 0.227 e. The van der Waals surface area contributed by atoms with Gasteiger partial charge in [-0.05, 0) is 127 Å². The molecule has 4 fully saturated rings.